The van der Waals surface area contributed by atoms with E-state index in [4.69, 9.17) is 0 Å². The number of urea groups is 1. The Kier molecular flexibility index (Phi) is 7.03. The van der Waals surface area contributed by atoms with Crippen molar-refractivity contribution in [3.63, 3.8) is 0 Å². The number of likely N-dealkylation sites (tertiary alicyclic amines) is 1. The first kappa shape index (κ1) is 20.3. The first-order valence-corrected chi connectivity index (χ1v) is 10.2. The molecule has 7 heteroatoms. The summed E-state index contributed by atoms with van der Waals surface area (Å²) in [6, 6.07) is 10.7. The van der Waals surface area contributed by atoms with E-state index in [1.54, 1.807) is 11.2 Å². The van der Waals surface area contributed by atoms with Crippen LogP contribution in [0.3, 0.4) is 0 Å². The van der Waals surface area contributed by atoms with Gasteiger partial charge in [0, 0.05) is 26.2 Å². The summed E-state index contributed by atoms with van der Waals surface area (Å²) in [6.45, 7) is 5.44. The number of carbonyl (C=O) groups is 1. The first-order chi connectivity index (χ1) is 13.6. The third-order valence-electron chi connectivity index (χ3n) is 5.47. The Hall–Kier alpha value is -2.41. The number of hydrogen-bond donors (Lipinski definition) is 1. The highest BCUT2D eigenvalue weighted by atomic mass is 16.2. The second kappa shape index (κ2) is 9.68. The van der Waals surface area contributed by atoms with Gasteiger partial charge in [0.15, 0.2) is 5.82 Å². The Morgan fingerprint density at radius 2 is 2.11 bits per heavy atom. The van der Waals surface area contributed by atoms with Gasteiger partial charge in [0.1, 0.15) is 6.33 Å². The summed E-state index contributed by atoms with van der Waals surface area (Å²) in [7, 11) is 3.98. The van der Waals surface area contributed by atoms with Crippen LogP contribution < -0.4 is 5.32 Å². The van der Waals surface area contributed by atoms with Gasteiger partial charge in [0.05, 0.1) is 6.54 Å². The van der Waals surface area contributed by atoms with E-state index >= 15 is 0 Å². The number of nitrogens with one attached hydrogen (secondary N) is 1. The molecule has 0 spiro atoms. The fourth-order valence-corrected chi connectivity index (χ4v) is 3.91. The van der Waals surface area contributed by atoms with Crippen molar-refractivity contribution in [1.82, 2.24) is 29.9 Å². The van der Waals surface area contributed by atoms with Crippen LogP contribution in [0, 0.1) is 5.92 Å². The van der Waals surface area contributed by atoms with Crippen LogP contribution in [0.4, 0.5) is 4.79 Å². The minimum absolute atomic E-state index is 0.0429. The Balaban J connectivity index is 1.60. The van der Waals surface area contributed by atoms with Crippen molar-refractivity contribution >= 4 is 6.03 Å². The van der Waals surface area contributed by atoms with E-state index in [-0.39, 0.29) is 12.1 Å². The zero-order chi connectivity index (χ0) is 19.9. The molecule has 1 aromatic carbocycles. The normalized spacial score (nSPS) is 20.1. The minimum atomic E-state index is -0.0429. The molecule has 2 aromatic rings. The van der Waals surface area contributed by atoms with E-state index in [1.807, 2.05) is 17.7 Å². The summed E-state index contributed by atoms with van der Waals surface area (Å²) in [5.41, 5.74) is 1.32. The average Bonchev–Trinajstić information content (AvgIpc) is 3.12. The molecule has 1 fully saturated rings. The smallest absolute Gasteiger partial charge is 0.317 e. The van der Waals surface area contributed by atoms with Gasteiger partial charge in [0.25, 0.3) is 0 Å². The molecule has 0 radical (unpaired) electrons. The van der Waals surface area contributed by atoms with Crippen molar-refractivity contribution in [1.29, 1.82) is 0 Å². The molecule has 2 heterocycles. The number of benzene rings is 1. The zero-order valence-electron chi connectivity index (χ0n) is 17.2. The van der Waals surface area contributed by atoms with Crippen molar-refractivity contribution in [2.45, 2.75) is 45.3 Å². The number of nitrogens with zero attached hydrogens (tertiary/aromatic N) is 5. The molecule has 0 bridgehead atoms. The second-order valence-electron chi connectivity index (χ2n) is 7.85. The van der Waals surface area contributed by atoms with Gasteiger partial charge in [-0.3, -0.25) is 0 Å². The Morgan fingerprint density at radius 1 is 1.32 bits per heavy atom. The Bertz CT molecular complexity index is 746. The van der Waals surface area contributed by atoms with Crippen molar-refractivity contribution in [2.24, 2.45) is 5.92 Å². The summed E-state index contributed by atoms with van der Waals surface area (Å²) >= 11 is 0. The fraction of sp³-hybridized carbons (Fsp3) is 0.571. The first-order valence-electron chi connectivity index (χ1n) is 10.2. The second-order valence-corrected chi connectivity index (χ2v) is 7.85. The quantitative estimate of drug-likeness (QED) is 0.796. The maximum atomic E-state index is 12.8. The van der Waals surface area contributed by atoms with Crippen molar-refractivity contribution in [3.05, 3.63) is 48.0 Å². The predicted octanol–water partition coefficient (Wildman–Crippen LogP) is 2.39. The SMILES string of the molecule is CCCn1cnnc1CN(C)C(=O)N[C@H]1CCN(C)C[C@H]1Cc1ccccc1. The monoisotopic (exact) mass is 384 g/mol. The van der Waals surface area contributed by atoms with Gasteiger partial charge in [0.2, 0.25) is 0 Å². The highest BCUT2D eigenvalue weighted by Crippen LogP contribution is 2.21. The van der Waals surface area contributed by atoms with E-state index in [9.17, 15) is 4.79 Å². The van der Waals surface area contributed by atoms with Gasteiger partial charge < -0.3 is 19.7 Å². The summed E-state index contributed by atoms with van der Waals surface area (Å²) < 4.78 is 2.01. The predicted molar refractivity (Wildman–Crippen MR) is 110 cm³/mol. The molecule has 2 atom stereocenters. The van der Waals surface area contributed by atoms with Gasteiger partial charge >= 0.3 is 6.03 Å². The molecule has 1 aromatic heterocycles. The number of aromatic nitrogens is 3. The van der Waals surface area contributed by atoms with Gasteiger partial charge in [-0.2, -0.15) is 0 Å². The lowest BCUT2D eigenvalue weighted by Gasteiger charge is -2.38. The van der Waals surface area contributed by atoms with Crippen molar-refractivity contribution in [2.75, 3.05) is 27.2 Å². The standard InChI is InChI=1S/C21H32N6O/c1-4-11-27-16-22-24-20(27)15-26(3)21(28)23-19-10-12-25(2)14-18(19)13-17-8-6-5-7-9-17/h5-9,16,18-19H,4,10-15H2,1-3H3,(H,23,28)/t18-,19+/m1/s1. The lowest BCUT2D eigenvalue weighted by Crippen LogP contribution is -2.53. The Morgan fingerprint density at radius 3 is 2.86 bits per heavy atom. The van der Waals surface area contributed by atoms with E-state index in [1.165, 1.54) is 5.56 Å². The Labute approximate surface area is 167 Å². The van der Waals surface area contributed by atoms with Crippen LogP contribution in [-0.4, -0.2) is 63.8 Å². The van der Waals surface area contributed by atoms with Crippen LogP contribution in [0.5, 0.6) is 0 Å². The summed E-state index contributed by atoms with van der Waals surface area (Å²) in [5.74, 6) is 1.23. The maximum absolute atomic E-state index is 12.8. The number of rotatable bonds is 7. The minimum Gasteiger partial charge on any atom is -0.335 e. The van der Waals surface area contributed by atoms with Crippen LogP contribution in [0.1, 0.15) is 31.2 Å². The molecule has 0 saturated carbocycles. The van der Waals surface area contributed by atoms with Gasteiger partial charge in [-0.1, -0.05) is 37.3 Å². The fourth-order valence-electron chi connectivity index (χ4n) is 3.91. The van der Waals surface area contributed by atoms with E-state index < -0.39 is 0 Å². The van der Waals surface area contributed by atoms with Gasteiger partial charge in [-0.05, 0) is 44.3 Å². The van der Waals surface area contributed by atoms with E-state index in [2.05, 4.69) is 58.7 Å². The van der Waals surface area contributed by atoms with Crippen LogP contribution in [0.25, 0.3) is 0 Å². The molecular formula is C21H32N6O. The molecular weight excluding hydrogens is 352 g/mol. The summed E-state index contributed by atoms with van der Waals surface area (Å²) in [6.07, 6.45) is 4.69. The molecule has 152 valence electrons. The molecule has 2 amide bonds. The third kappa shape index (κ3) is 5.32. The molecule has 1 aliphatic rings. The summed E-state index contributed by atoms with van der Waals surface area (Å²) in [4.78, 5) is 16.9. The largest absolute Gasteiger partial charge is 0.335 e. The average molecular weight is 385 g/mol. The lowest BCUT2D eigenvalue weighted by molar-refractivity contribution is 0.151. The number of amides is 2. The lowest BCUT2D eigenvalue weighted by atomic mass is 9.87. The molecule has 1 N–H and O–H groups in total. The van der Waals surface area contributed by atoms with Crippen molar-refractivity contribution in [3.8, 4) is 0 Å². The van der Waals surface area contributed by atoms with Crippen LogP contribution in [-0.2, 0) is 19.5 Å². The van der Waals surface area contributed by atoms with E-state index in [0.29, 0.717) is 12.5 Å². The van der Waals surface area contributed by atoms with Crippen molar-refractivity contribution < 1.29 is 4.79 Å². The zero-order valence-corrected chi connectivity index (χ0v) is 17.2. The molecule has 28 heavy (non-hydrogen) atoms. The third-order valence-corrected chi connectivity index (χ3v) is 5.47. The van der Waals surface area contributed by atoms with Gasteiger partial charge in [-0.15, -0.1) is 10.2 Å². The number of hydrogen-bond acceptors (Lipinski definition) is 4. The molecule has 1 saturated heterocycles. The van der Waals surface area contributed by atoms with Crippen LogP contribution in [0.15, 0.2) is 36.7 Å². The molecule has 3 rings (SSSR count). The van der Waals surface area contributed by atoms with E-state index in [0.717, 1.165) is 44.7 Å². The number of aryl methyl sites for hydroxylation is 1. The molecule has 0 aliphatic carbocycles. The summed E-state index contributed by atoms with van der Waals surface area (Å²) in [5, 5.41) is 11.4. The van der Waals surface area contributed by atoms with Crippen LogP contribution >= 0.6 is 0 Å². The highest BCUT2D eigenvalue weighted by Gasteiger charge is 2.30. The number of piperidine rings is 1. The highest BCUT2D eigenvalue weighted by molar-refractivity contribution is 5.74. The number of carbonyl (C=O) groups excluding carboxylic acids is 1. The maximum Gasteiger partial charge on any atom is 0.317 e. The molecule has 0 unspecified atom stereocenters. The molecule has 1 aliphatic heterocycles. The van der Waals surface area contributed by atoms with Gasteiger partial charge in [-0.25, -0.2) is 4.79 Å². The molecule has 7 nitrogen and oxygen atoms in total. The topological polar surface area (TPSA) is 66.3 Å². The van der Waals surface area contributed by atoms with Crippen LogP contribution in [0.2, 0.25) is 0 Å².